The first-order valence-corrected chi connectivity index (χ1v) is 8.87. The van der Waals surface area contributed by atoms with Crippen LogP contribution in [-0.4, -0.2) is 25.8 Å². The number of hydrogen-bond acceptors (Lipinski definition) is 5. The van der Waals surface area contributed by atoms with E-state index in [4.69, 9.17) is 4.52 Å². The fourth-order valence-electron chi connectivity index (χ4n) is 2.87. The van der Waals surface area contributed by atoms with Crippen molar-refractivity contribution in [2.75, 3.05) is 5.32 Å². The summed E-state index contributed by atoms with van der Waals surface area (Å²) in [6.45, 7) is -0.337. The van der Waals surface area contributed by atoms with Gasteiger partial charge in [0.15, 0.2) is 11.5 Å². The van der Waals surface area contributed by atoms with Gasteiger partial charge in [-0.3, -0.25) is 14.5 Å². The Morgan fingerprint density at radius 1 is 1.16 bits per heavy atom. The Morgan fingerprint density at radius 2 is 2.00 bits per heavy atom. The van der Waals surface area contributed by atoms with Crippen LogP contribution in [0.4, 0.5) is 23.2 Å². The zero-order valence-corrected chi connectivity index (χ0v) is 15.6. The van der Waals surface area contributed by atoms with Gasteiger partial charge in [-0.2, -0.15) is 18.3 Å². The van der Waals surface area contributed by atoms with E-state index in [9.17, 15) is 22.4 Å². The number of hydrogen-bond donors (Lipinski definition) is 1. The van der Waals surface area contributed by atoms with Crippen molar-refractivity contribution >= 4 is 11.6 Å². The molecule has 1 aromatic carbocycles. The number of alkyl halides is 3. The summed E-state index contributed by atoms with van der Waals surface area (Å²) in [5.41, 5.74) is -0.544. The monoisotopic (exact) mass is 431 g/mol. The van der Waals surface area contributed by atoms with Crippen LogP contribution in [-0.2, 0) is 12.7 Å². The summed E-state index contributed by atoms with van der Waals surface area (Å²) in [6, 6.07) is 8.81. The van der Waals surface area contributed by atoms with Crippen molar-refractivity contribution in [1.29, 1.82) is 0 Å². The summed E-state index contributed by atoms with van der Waals surface area (Å²) in [4.78, 5) is 16.5. The van der Waals surface area contributed by atoms with E-state index >= 15 is 0 Å². The lowest BCUT2D eigenvalue weighted by Gasteiger charge is -2.12. The minimum absolute atomic E-state index is 0.0158. The second-order valence-electron chi connectivity index (χ2n) is 6.47. The van der Waals surface area contributed by atoms with Crippen molar-refractivity contribution in [3.8, 4) is 11.5 Å². The number of pyridine rings is 1. The van der Waals surface area contributed by atoms with E-state index in [2.05, 4.69) is 20.6 Å². The highest BCUT2D eigenvalue weighted by Gasteiger charge is 2.33. The molecule has 0 fully saturated rings. The van der Waals surface area contributed by atoms with Crippen LogP contribution in [0.2, 0.25) is 0 Å². The molecule has 0 bridgehead atoms. The summed E-state index contributed by atoms with van der Waals surface area (Å²) in [5.74, 6) is -1.10. The van der Waals surface area contributed by atoms with Gasteiger partial charge in [-0.25, -0.2) is 4.39 Å². The zero-order valence-electron chi connectivity index (χ0n) is 15.6. The van der Waals surface area contributed by atoms with Gasteiger partial charge in [0.1, 0.15) is 11.5 Å². The lowest BCUT2D eigenvalue weighted by Crippen LogP contribution is -2.13. The van der Waals surface area contributed by atoms with Gasteiger partial charge in [0.2, 0.25) is 0 Å². The summed E-state index contributed by atoms with van der Waals surface area (Å²) in [6.07, 6.45) is -0.493. The molecule has 158 valence electrons. The van der Waals surface area contributed by atoms with Crippen LogP contribution < -0.4 is 5.32 Å². The van der Waals surface area contributed by atoms with Crippen molar-refractivity contribution in [3.05, 3.63) is 83.7 Å². The first-order valence-electron chi connectivity index (χ1n) is 8.87. The molecular formula is C20H13F4N5O2. The Labute approximate surface area is 172 Å². The van der Waals surface area contributed by atoms with Crippen molar-refractivity contribution in [3.63, 3.8) is 0 Å². The minimum atomic E-state index is -4.63. The number of rotatable bonds is 5. The van der Waals surface area contributed by atoms with E-state index < -0.39 is 23.5 Å². The minimum Gasteiger partial charge on any atom is -0.354 e. The third kappa shape index (κ3) is 4.60. The molecule has 0 unspecified atom stereocenters. The molecule has 0 spiro atoms. The fourth-order valence-corrected chi connectivity index (χ4v) is 2.87. The van der Waals surface area contributed by atoms with Gasteiger partial charge < -0.3 is 9.84 Å². The SMILES string of the molecule is O=C(Nc1cnn(Cc2cc(F)ccc2C(F)(F)F)c1)c1cc(-c2ccccn2)on1. The van der Waals surface area contributed by atoms with Crippen LogP contribution in [0.5, 0.6) is 0 Å². The molecule has 4 rings (SSSR count). The lowest BCUT2D eigenvalue weighted by molar-refractivity contribution is -0.138. The van der Waals surface area contributed by atoms with Gasteiger partial charge in [0.25, 0.3) is 5.91 Å². The first kappa shape index (κ1) is 20.3. The van der Waals surface area contributed by atoms with E-state index in [-0.39, 0.29) is 23.5 Å². The molecule has 0 radical (unpaired) electrons. The standard InChI is InChI=1S/C20H13F4N5O2/c21-13-4-5-15(20(22,23)24)12(7-13)10-29-11-14(9-26-29)27-19(30)17-8-18(31-28-17)16-3-1-2-6-25-16/h1-9,11H,10H2,(H,27,30). The highest BCUT2D eigenvalue weighted by molar-refractivity contribution is 6.03. The average Bonchev–Trinajstić information content (AvgIpc) is 3.38. The Morgan fingerprint density at radius 3 is 2.74 bits per heavy atom. The van der Waals surface area contributed by atoms with Crippen LogP contribution in [0.25, 0.3) is 11.5 Å². The van der Waals surface area contributed by atoms with Crippen molar-refractivity contribution < 1.29 is 26.9 Å². The number of anilines is 1. The predicted molar refractivity (Wildman–Crippen MR) is 100 cm³/mol. The molecule has 0 aliphatic heterocycles. The van der Waals surface area contributed by atoms with Gasteiger partial charge in [0, 0.05) is 18.5 Å². The van der Waals surface area contributed by atoms with Gasteiger partial charge in [-0.1, -0.05) is 11.2 Å². The molecule has 0 saturated heterocycles. The highest BCUT2D eigenvalue weighted by atomic mass is 19.4. The molecule has 0 atom stereocenters. The van der Waals surface area contributed by atoms with Gasteiger partial charge in [-0.15, -0.1) is 0 Å². The Kier molecular flexibility index (Phi) is 5.24. The molecule has 3 heterocycles. The number of halogens is 4. The summed E-state index contributed by atoms with van der Waals surface area (Å²) in [7, 11) is 0. The number of carbonyl (C=O) groups excluding carboxylic acids is 1. The number of nitrogens with one attached hydrogen (secondary N) is 1. The molecular weight excluding hydrogens is 418 g/mol. The van der Waals surface area contributed by atoms with E-state index in [0.717, 1.165) is 16.8 Å². The molecule has 11 heteroatoms. The smallest absolute Gasteiger partial charge is 0.354 e. The number of amides is 1. The number of nitrogens with zero attached hydrogens (tertiary/aromatic N) is 4. The van der Waals surface area contributed by atoms with Gasteiger partial charge >= 0.3 is 6.18 Å². The molecule has 0 aliphatic rings. The largest absolute Gasteiger partial charge is 0.416 e. The van der Waals surface area contributed by atoms with Crippen LogP contribution in [0.1, 0.15) is 21.6 Å². The third-order valence-corrected chi connectivity index (χ3v) is 4.26. The second kappa shape index (κ2) is 8.01. The molecule has 1 amide bonds. The van der Waals surface area contributed by atoms with Crippen LogP contribution in [0, 0.1) is 5.82 Å². The third-order valence-electron chi connectivity index (χ3n) is 4.26. The molecule has 4 aromatic rings. The Balaban J connectivity index is 1.47. The lowest BCUT2D eigenvalue weighted by atomic mass is 10.1. The first-order chi connectivity index (χ1) is 14.8. The Hall–Kier alpha value is -4.02. The topological polar surface area (TPSA) is 85.8 Å². The summed E-state index contributed by atoms with van der Waals surface area (Å²) < 4.78 is 59.2. The summed E-state index contributed by atoms with van der Waals surface area (Å²) >= 11 is 0. The molecule has 31 heavy (non-hydrogen) atoms. The molecule has 3 aromatic heterocycles. The van der Waals surface area contributed by atoms with Crippen molar-refractivity contribution in [2.24, 2.45) is 0 Å². The number of aromatic nitrogens is 4. The van der Waals surface area contributed by atoms with E-state index in [1.54, 1.807) is 24.4 Å². The zero-order chi connectivity index (χ0) is 22.0. The fraction of sp³-hybridized carbons (Fsp3) is 0.100. The molecule has 0 saturated carbocycles. The Bertz CT molecular complexity index is 1220. The van der Waals surface area contributed by atoms with Crippen LogP contribution >= 0.6 is 0 Å². The van der Waals surface area contributed by atoms with Gasteiger partial charge in [-0.05, 0) is 35.9 Å². The highest BCUT2D eigenvalue weighted by Crippen LogP contribution is 2.32. The van der Waals surface area contributed by atoms with Crippen molar-refractivity contribution in [2.45, 2.75) is 12.7 Å². The molecule has 0 aliphatic carbocycles. The quantitative estimate of drug-likeness (QED) is 0.474. The number of carbonyl (C=O) groups is 1. The average molecular weight is 431 g/mol. The maximum Gasteiger partial charge on any atom is 0.416 e. The normalized spacial score (nSPS) is 11.5. The van der Waals surface area contributed by atoms with Crippen LogP contribution in [0.15, 0.2) is 65.6 Å². The van der Waals surface area contributed by atoms with Crippen molar-refractivity contribution in [1.82, 2.24) is 19.9 Å². The van der Waals surface area contributed by atoms with E-state index in [1.165, 1.54) is 18.5 Å². The number of benzene rings is 1. The summed E-state index contributed by atoms with van der Waals surface area (Å²) in [5, 5.41) is 10.1. The maximum absolute atomic E-state index is 13.5. The second-order valence-corrected chi connectivity index (χ2v) is 6.47. The van der Waals surface area contributed by atoms with E-state index in [0.29, 0.717) is 17.5 Å². The van der Waals surface area contributed by atoms with Gasteiger partial charge in [0.05, 0.1) is 24.0 Å². The predicted octanol–water partition coefficient (Wildman–Crippen LogP) is 4.39. The molecule has 1 N–H and O–H groups in total. The van der Waals surface area contributed by atoms with E-state index in [1.807, 2.05) is 0 Å². The van der Waals surface area contributed by atoms with Crippen LogP contribution in [0.3, 0.4) is 0 Å². The molecule has 7 nitrogen and oxygen atoms in total. The maximum atomic E-state index is 13.5.